The van der Waals surface area contributed by atoms with E-state index in [1.54, 1.807) is 30.1 Å². The van der Waals surface area contributed by atoms with Gasteiger partial charge >= 0.3 is 0 Å². The highest BCUT2D eigenvalue weighted by molar-refractivity contribution is 5.89. The minimum Gasteiger partial charge on any atom is -0.379 e. The molecule has 0 unspecified atom stereocenters. The van der Waals surface area contributed by atoms with Gasteiger partial charge in [0.1, 0.15) is 11.6 Å². The first-order valence-corrected chi connectivity index (χ1v) is 9.31. The number of halogens is 1. The minimum absolute atomic E-state index is 0.277. The number of rotatable bonds is 4. The zero-order valence-corrected chi connectivity index (χ0v) is 16.4. The molecule has 3 heterocycles. The van der Waals surface area contributed by atoms with E-state index < -0.39 is 0 Å². The Labute approximate surface area is 163 Å². The Hall–Kier alpha value is -2.78. The fraction of sp³-hybridized carbons (Fsp3) is 0.421. The van der Waals surface area contributed by atoms with E-state index in [9.17, 15) is 4.39 Å². The van der Waals surface area contributed by atoms with Crippen LogP contribution in [0.15, 0.2) is 30.5 Å². The fourth-order valence-corrected chi connectivity index (χ4v) is 2.82. The molecule has 2 N–H and O–H groups in total. The van der Waals surface area contributed by atoms with Gasteiger partial charge in [-0.25, -0.2) is 4.39 Å². The van der Waals surface area contributed by atoms with Crippen molar-refractivity contribution in [3.8, 4) is 0 Å². The van der Waals surface area contributed by atoms with E-state index in [-0.39, 0.29) is 5.82 Å². The normalized spacial score (nSPS) is 14.4. The molecule has 1 aromatic carbocycles. The number of nitrogens with one attached hydrogen (secondary N) is 2. The Morgan fingerprint density at radius 2 is 1.86 bits per heavy atom. The zero-order chi connectivity index (χ0) is 19.9. The van der Waals surface area contributed by atoms with Gasteiger partial charge in [0.25, 0.3) is 0 Å². The molecule has 4 rings (SSSR count). The van der Waals surface area contributed by atoms with Crippen LogP contribution in [0.3, 0.4) is 0 Å². The Balaban J connectivity index is 0.000000236. The van der Waals surface area contributed by atoms with Crippen LogP contribution >= 0.6 is 0 Å². The van der Waals surface area contributed by atoms with Crippen molar-refractivity contribution in [2.24, 2.45) is 7.05 Å². The van der Waals surface area contributed by atoms with E-state index in [0.717, 1.165) is 37.4 Å². The van der Waals surface area contributed by atoms with Crippen LogP contribution in [0.25, 0.3) is 11.0 Å². The number of aromatic nitrogens is 4. The van der Waals surface area contributed by atoms with Crippen LogP contribution in [-0.4, -0.2) is 64.5 Å². The summed E-state index contributed by atoms with van der Waals surface area (Å²) >= 11 is 0. The fourth-order valence-electron chi connectivity index (χ4n) is 2.82. The van der Waals surface area contributed by atoms with E-state index in [1.807, 2.05) is 7.05 Å². The summed E-state index contributed by atoms with van der Waals surface area (Å²) in [6.45, 7) is 7.45. The van der Waals surface area contributed by atoms with Crippen molar-refractivity contribution >= 4 is 28.5 Å². The van der Waals surface area contributed by atoms with Crippen molar-refractivity contribution < 1.29 is 9.13 Å². The number of benzene rings is 1. The average Bonchev–Trinajstić information content (AvgIpc) is 3.12. The van der Waals surface area contributed by atoms with Crippen molar-refractivity contribution in [1.29, 1.82) is 0 Å². The number of aryl methyl sites for hydroxylation is 1. The van der Waals surface area contributed by atoms with Crippen molar-refractivity contribution in [2.45, 2.75) is 6.92 Å². The lowest BCUT2D eigenvalue weighted by Gasteiger charge is -2.24. The quantitative estimate of drug-likeness (QED) is 0.712. The summed E-state index contributed by atoms with van der Waals surface area (Å²) in [5.41, 5.74) is 1.46. The molecule has 0 atom stereocenters. The van der Waals surface area contributed by atoms with Crippen LogP contribution in [-0.2, 0) is 11.8 Å². The maximum absolute atomic E-state index is 12.9. The largest absolute Gasteiger partial charge is 0.379 e. The van der Waals surface area contributed by atoms with E-state index in [2.05, 4.69) is 37.5 Å². The molecule has 0 amide bonds. The highest BCUT2D eigenvalue weighted by atomic mass is 19.1. The lowest BCUT2D eigenvalue weighted by Crippen LogP contribution is -2.35. The summed E-state index contributed by atoms with van der Waals surface area (Å²) in [6.07, 6.45) is 1.70. The van der Waals surface area contributed by atoms with Crippen LogP contribution in [0.2, 0.25) is 0 Å². The van der Waals surface area contributed by atoms with Crippen molar-refractivity contribution in [3.63, 3.8) is 0 Å². The molecule has 1 aliphatic rings. The molecule has 0 saturated carbocycles. The molecule has 0 bridgehead atoms. The predicted octanol–water partition coefficient (Wildman–Crippen LogP) is 2.63. The third kappa shape index (κ3) is 4.93. The number of anilines is 3. The van der Waals surface area contributed by atoms with Gasteiger partial charge in [-0.3, -0.25) is 9.58 Å². The molecule has 1 fully saturated rings. The Bertz CT molecular complexity index is 891. The van der Waals surface area contributed by atoms with Gasteiger partial charge in [-0.15, -0.1) is 0 Å². The molecule has 150 valence electrons. The molecular weight excluding hydrogens is 361 g/mol. The molecule has 3 aromatic rings. The van der Waals surface area contributed by atoms with E-state index in [0.29, 0.717) is 17.4 Å². The van der Waals surface area contributed by atoms with Gasteiger partial charge < -0.3 is 15.4 Å². The van der Waals surface area contributed by atoms with Crippen LogP contribution in [0.5, 0.6) is 0 Å². The van der Waals surface area contributed by atoms with Crippen LogP contribution in [0.4, 0.5) is 21.8 Å². The lowest BCUT2D eigenvalue weighted by atomic mass is 10.3. The molecular formula is C19H26FN7O. The molecule has 1 saturated heterocycles. The molecule has 2 aromatic heterocycles. The Kier molecular flexibility index (Phi) is 6.72. The summed E-state index contributed by atoms with van der Waals surface area (Å²) in [7, 11) is 3.57. The number of ether oxygens (including phenoxy) is 1. The number of morpholine rings is 1. The second-order valence-corrected chi connectivity index (χ2v) is 6.33. The smallest absolute Gasteiger partial charge is 0.226 e. The molecule has 28 heavy (non-hydrogen) atoms. The van der Waals surface area contributed by atoms with Gasteiger partial charge in [-0.2, -0.15) is 15.1 Å². The van der Waals surface area contributed by atoms with Gasteiger partial charge in [0.05, 0.1) is 24.8 Å². The van der Waals surface area contributed by atoms with Gasteiger partial charge in [0.15, 0.2) is 5.65 Å². The molecule has 0 aliphatic carbocycles. The van der Waals surface area contributed by atoms with Crippen LogP contribution in [0, 0.1) is 5.82 Å². The topological polar surface area (TPSA) is 80.1 Å². The van der Waals surface area contributed by atoms with E-state index in [1.165, 1.54) is 18.7 Å². The second-order valence-electron chi connectivity index (χ2n) is 6.33. The highest BCUT2D eigenvalue weighted by Crippen LogP contribution is 2.24. The molecule has 0 radical (unpaired) electrons. The molecule has 0 spiro atoms. The van der Waals surface area contributed by atoms with Gasteiger partial charge in [0.2, 0.25) is 5.95 Å². The monoisotopic (exact) mass is 387 g/mol. The SMILES string of the molecule is CCN1CCOCC1.CNc1nc(Nc2ccc(F)cc2)c2cnn(C)c2n1. The summed E-state index contributed by atoms with van der Waals surface area (Å²) < 4.78 is 19.8. The maximum Gasteiger partial charge on any atom is 0.226 e. The molecule has 1 aliphatic heterocycles. The third-order valence-corrected chi connectivity index (χ3v) is 4.47. The maximum atomic E-state index is 12.9. The number of nitrogens with zero attached hydrogens (tertiary/aromatic N) is 5. The van der Waals surface area contributed by atoms with Crippen LogP contribution in [0.1, 0.15) is 6.92 Å². The Morgan fingerprint density at radius 3 is 2.46 bits per heavy atom. The minimum atomic E-state index is -0.277. The van der Waals surface area contributed by atoms with Gasteiger partial charge in [-0.1, -0.05) is 6.92 Å². The van der Waals surface area contributed by atoms with Crippen molar-refractivity contribution in [3.05, 3.63) is 36.3 Å². The zero-order valence-electron chi connectivity index (χ0n) is 16.4. The standard InChI is InChI=1S/C13H13FN6.C6H13NO/c1-15-13-18-11(10-7-16-20(2)12(10)19-13)17-9-5-3-8(14)4-6-9;1-2-7-3-5-8-6-4-7/h3-7H,1-2H3,(H2,15,17,18,19);2-6H2,1H3. The summed E-state index contributed by atoms with van der Waals surface area (Å²) in [5, 5.41) is 11.0. The Morgan fingerprint density at radius 1 is 1.14 bits per heavy atom. The third-order valence-electron chi connectivity index (χ3n) is 4.47. The molecule has 8 nitrogen and oxygen atoms in total. The van der Waals surface area contributed by atoms with E-state index >= 15 is 0 Å². The summed E-state index contributed by atoms with van der Waals surface area (Å²) in [4.78, 5) is 11.1. The first-order valence-electron chi connectivity index (χ1n) is 9.31. The number of likely N-dealkylation sites (N-methyl/N-ethyl adjacent to an activating group) is 1. The van der Waals surface area contributed by atoms with Crippen molar-refractivity contribution in [2.75, 3.05) is 50.5 Å². The first-order chi connectivity index (χ1) is 13.6. The second kappa shape index (κ2) is 9.43. The summed E-state index contributed by atoms with van der Waals surface area (Å²) in [5.74, 6) is 0.838. The van der Waals surface area contributed by atoms with Gasteiger partial charge in [0, 0.05) is 32.9 Å². The molecule has 9 heteroatoms. The first kappa shape index (κ1) is 20.0. The van der Waals surface area contributed by atoms with Crippen LogP contribution < -0.4 is 10.6 Å². The predicted molar refractivity (Wildman–Crippen MR) is 108 cm³/mol. The number of hydrogen-bond acceptors (Lipinski definition) is 7. The highest BCUT2D eigenvalue weighted by Gasteiger charge is 2.11. The van der Waals surface area contributed by atoms with Gasteiger partial charge in [-0.05, 0) is 30.8 Å². The average molecular weight is 387 g/mol. The summed E-state index contributed by atoms with van der Waals surface area (Å²) in [6, 6.07) is 6.09. The van der Waals surface area contributed by atoms with Crippen molar-refractivity contribution in [1.82, 2.24) is 24.6 Å². The number of hydrogen-bond donors (Lipinski definition) is 2. The van der Waals surface area contributed by atoms with E-state index in [4.69, 9.17) is 4.74 Å². The number of fused-ring (bicyclic) bond motifs is 1. The lowest BCUT2D eigenvalue weighted by molar-refractivity contribution is 0.0405.